The molecule has 5 heteroatoms. The fraction of sp³-hybridized carbons (Fsp3) is 0.0909. The van der Waals surface area contributed by atoms with E-state index in [1.54, 1.807) is 18.2 Å². The van der Waals surface area contributed by atoms with E-state index in [0.29, 0.717) is 10.8 Å². The van der Waals surface area contributed by atoms with Gasteiger partial charge in [0.1, 0.15) is 18.2 Å². The second-order valence-corrected chi connectivity index (χ2v) is 3.24. The average molecular weight is 220 g/mol. The summed E-state index contributed by atoms with van der Waals surface area (Å²) in [5, 5.41) is 12.1. The highest BCUT2D eigenvalue weighted by molar-refractivity contribution is 5.93. The van der Waals surface area contributed by atoms with E-state index < -0.39 is 11.8 Å². The molecular weight excluding hydrogens is 211 g/mol. The van der Waals surface area contributed by atoms with Gasteiger partial charge < -0.3 is 10.4 Å². The highest BCUT2D eigenvalue weighted by Crippen LogP contribution is 2.23. The number of aliphatic carboxylic acids is 1. The van der Waals surface area contributed by atoms with Crippen LogP contribution in [0.25, 0.3) is 10.8 Å². The molecule has 4 nitrogen and oxygen atoms in total. The number of carbonyl (C=O) groups is 1. The zero-order chi connectivity index (χ0) is 11.5. The predicted molar refractivity (Wildman–Crippen MR) is 57.8 cm³/mol. The number of anilines is 1. The van der Waals surface area contributed by atoms with Crippen LogP contribution in [0.2, 0.25) is 0 Å². The number of fused-ring (bicyclic) bond motifs is 1. The van der Waals surface area contributed by atoms with Crippen LogP contribution in [0.1, 0.15) is 0 Å². The Hall–Kier alpha value is -2.17. The summed E-state index contributed by atoms with van der Waals surface area (Å²) in [7, 11) is 0. The number of aromatic nitrogens is 1. The fourth-order valence-corrected chi connectivity index (χ4v) is 1.48. The van der Waals surface area contributed by atoms with Crippen LogP contribution in [0.15, 0.2) is 30.5 Å². The number of pyridine rings is 1. The lowest BCUT2D eigenvalue weighted by Gasteiger charge is -2.07. The number of benzene rings is 1. The Morgan fingerprint density at radius 1 is 1.44 bits per heavy atom. The lowest BCUT2D eigenvalue weighted by atomic mass is 10.1. The van der Waals surface area contributed by atoms with Crippen LogP contribution < -0.4 is 5.32 Å². The summed E-state index contributed by atoms with van der Waals surface area (Å²) in [4.78, 5) is 14.3. The molecule has 2 aromatic rings. The molecular formula is C11H9FN2O2. The van der Waals surface area contributed by atoms with E-state index >= 15 is 0 Å². The van der Waals surface area contributed by atoms with Crippen LogP contribution in [0, 0.1) is 5.82 Å². The van der Waals surface area contributed by atoms with Crippen molar-refractivity contribution in [3.8, 4) is 0 Å². The van der Waals surface area contributed by atoms with Crippen LogP contribution in [0.4, 0.5) is 10.2 Å². The number of nitrogens with zero attached hydrogens (tertiary/aromatic N) is 1. The maximum Gasteiger partial charge on any atom is 0.322 e. The molecule has 0 aliphatic carbocycles. The second kappa shape index (κ2) is 4.14. The van der Waals surface area contributed by atoms with Crippen molar-refractivity contribution in [2.45, 2.75) is 0 Å². The van der Waals surface area contributed by atoms with Crippen LogP contribution in [-0.2, 0) is 4.79 Å². The van der Waals surface area contributed by atoms with E-state index in [-0.39, 0.29) is 12.4 Å². The summed E-state index contributed by atoms with van der Waals surface area (Å²) in [5.74, 6) is -1.19. The first-order valence-corrected chi connectivity index (χ1v) is 4.67. The van der Waals surface area contributed by atoms with Gasteiger partial charge in [-0.25, -0.2) is 9.37 Å². The molecule has 0 spiro atoms. The molecule has 0 aliphatic rings. The molecule has 0 atom stereocenters. The molecule has 0 fully saturated rings. The number of hydrogen-bond acceptors (Lipinski definition) is 3. The van der Waals surface area contributed by atoms with Crippen molar-refractivity contribution < 1.29 is 14.3 Å². The SMILES string of the molecule is O=C(O)CNc1nccc2cccc(F)c12. The monoisotopic (exact) mass is 220 g/mol. The van der Waals surface area contributed by atoms with Crippen molar-refractivity contribution in [2.24, 2.45) is 0 Å². The standard InChI is InChI=1S/C11H9FN2O2/c12-8-3-1-2-7-4-5-13-11(10(7)8)14-6-9(15)16/h1-5H,6H2,(H,13,14)(H,15,16). The minimum atomic E-state index is -1.02. The Bertz CT molecular complexity index is 537. The van der Waals surface area contributed by atoms with Gasteiger partial charge in [0.25, 0.3) is 0 Å². The fourth-order valence-electron chi connectivity index (χ4n) is 1.48. The second-order valence-electron chi connectivity index (χ2n) is 3.24. The van der Waals surface area contributed by atoms with Gasteiger partial charge in [-0.3, -0.25) is 4.79 Å². The molecule has 0 radical (unpaired) electrons. The van der Waals surface area contributed by atoms with Gasteiger partial charge in [-0.2, -0.15) is 0 Å². The van der Waals surface area contributed by atoms with Crippen LogP contribution in [-0.4, -0.2) is 22.6 Å². The maximum absolute atomic E-state index is 13.5. The lowest BCUT2D eigenvalue weighted by molar-refractivity contribution is -0.134. The Morgan fingerprint density at radius 3 is 3.00 bits per heavy atom. The summed E-state index contributed by atoms with van der Waals surface area (Å²) in [6.07, 6.45) is 1.51. The van der Waals surface area contributed by atoms with E-state index in [4.69, 9.17) is 5.11 Å². The number of carboxylic acid groups (broad SMARTS) is 1. The number of carboxylic acids is 1. The summed E-state index contributed by atoms with van der Waals surface area (Å²) in [5.41, 5.74) is 0. The van der Waals surface area contributed by atoms with Crippen molar-refractivity contribution in [2.75, 3.05) is 11.9 Å². The minimum absolute atomic E-state index is 0.248. The number of rotatable bonds is 3. The van der Waals surface area contributed by atoms with Crippen LogP contribution >= 0.6 is 0 Å². The van der Waals surface area contributed by atoms with Gasteiger partial charge in [0.2, 0.25) is 0 Å². The summed E-state index contributed by atoms with van der Waals surface area (Å²) >= 11 is 0. The van der Waals surface area contributed by atoms with Crippen LogP contribution in [0.3, 0.4) is 0 Å². The van der Waals surface area contributed by atoms with Crippen molar-refractivity contribution in [1.82, 2.24) is 4.98 Å². The topological polar surface area (TPSA) is 62.2 Å². The van der Waals surface area contributed by atoms with Gasteiger partial charge in [-0.15, -0.1) is 0 Å². The average Bonchev–Trinajstić information content (AvgIpc) is 2.26. The number of hydrogen-bond donors (Lipinski definition) is 2. The Morgan fingerprint density at radius 2 is 2.25 bits per heavy atom. The third kappa shape index (κ3) is 1.93. The molecule has 2 rings (SSSR count). The minimum Gasteiger partial charge on any atom is -0.480 e. The molecule has 0 saturated carbocycles. The Kier molecular flexibility index (Phi) is 2.68. The van der Waals surface area contributed by atoms with E-state index in [1.807, 2.05) is 0 Å². The first kappa shape index (κ1) is 10.4. The van der Waals surface area contributed by atoms with Crippen molar-refractivity contribution in [3.63, 3.8) is 0 Å². The maximum atomic E-state index is 13.5. The zero-order valence-corrected chi connectivity index (χ0v) is 8.27. The van der Waals surface area contributed by atoms with Gasteiger partial charge in [0, 0.05) is 6.20 Å². The molecule has 2 N–H and O–H groups in total. The summed E-state index contributed by atoms with van der Waals surface area (Å²) in [6.45, 7) is -0.291. The zero-order valence-electron chi connectivity index (χ0n) is 8.27. The smallest absolute Gasteiger partial charge is 0.322 e. The first-order valence-electron chi connectivity index (χ1n) is 4.67. The molecule has 0 amide bonds. The Balaban J connectivity index is 2.48. The predicted octanol–water partition coefficient (Wildman–Crippen LogP) is 1.87. The third-order valence-electron chi connectivity index (χ3n) is 2.15. The highest BCUT2D eigenvalue weighted by atomic mass is 19.1. The van der Waals surface area contributed by atoms with E-state index in [9.17, 15) is 9.18 Å². The highest BCUT2D eigenvalue weighted by Gasteiger charge is 2.07. The molecule has 0 unspecified atom stereocenters. The van der Waals surface area contributed by atoms with Crippen LogP contribution in [0.5, 0.6) is 0 Å². The third-order valence-corrected chi connectivity index (χ3v) is 2.15. The van der Waals surface area contributed by atoms with Crippen molar-refractivity contribution >= 4 is 22.6 Å². The molecule has 16 heavy (non-hydrogen) atoms. The van der Waals surface area contributed by atoms with Gasteiger partial charge in [0.05, 0.1) is 5.39 Å². The number of nitrogens with one attached hydrogen (secondary N) is 1. The van der Waals surface area contributed by atoms with E-state index in [2.05, 4.69) is 10.3 Å². The van der Waals surface area contributed by atoms with Gasteiger partial charge in [0.15, 0.2) is 0 Å². The normalized spacial score (nSPS) is 10.3. The number of halogens is 1. The molecule has 1 aromatic carbocycles. The van der Waals surface area contributed by atoms with Gasteiger partial charge >= 0.3 is 5.97 Å². The van der Waals surface area contributed by atoms with Crippen molar-refractivity contribution in [1.29, 1.82) is 0 Å². The van der Waals surface area contributed by atoms with Gasteiger partial charge in [-0.05, 0) is 17.5 Å². The largest absolute Gasteiger partial charge is 0.480 e. The molecule has 1 heterocycles. The molecule has 1 aromatic heterocycles. The quantitative estimate of drug-likeness (QED) is 0.828. The molecule has 0 saturated heterocycles. The van der Waals surface area contributed by atoms with Gasteiger partial charge in [-0.1, -0.05) is 12.1 Å². The molecule has 82 valence electrons. The Labute approximate surface area is 90.7 Å². The summed E-state index contributed by atoms with van der Waals surface area (Å²) < 4.78 is 13.5. The molecule has 0 aliphatic heterocycles. The molecule has 0 bridgehead atoms. The summed E-state index contributed by atoms with van der Waals surface area (Å²) in [6, 6.07) is 6.32. The first-order chi connectivity index (χ1) is 7.68. The van der Waals surface area contributed by atoms with Crippen molar-refractivity contribution in [3.05, 3.63) is 36.3 Å². The lowest BCUT2D eigenvalue weighted by Crippen LogP contribution is -2.13. The van der Waals surface area contributed by atoms with E-state index in [0.717, 1.165) is 0 Å². The van der Waals surface area contributed by atoms with E-state index in [1.165, 1.54) is 12.3 Å².